The van der Waals surface area contributed by atoms with Crippen LogP contribution in [0, 0.1) is 11.7 Å². The molecule has 2 aromatic rings. The number of aromatic nitrogens is 2. The molecule has 2 rings (SSSR count). The van der Waals surface area contributed by atoms with Crippen molar-refractivity contribution in [2.24, 2.45) is 5.92 Å². The third-order valence-corrected chi connectivity index (χ3v) is 6.99. The van der Waals surface area contributed by atoms with Crippen LogP contribution in [0.15, 0.2) is 28.6 Å². The van der Waals surface area contributed by atoms with Gasteiger partial charge in [0.25, 0.3) is 0 Å². The SMILES string of the molecule is CC(C)CSc1nnc(NC(=O)C(C)N(c2ccc(F)cc2)S(C)(=O)=O)s1. The van der Waals surface area contributed by atoms with E-state index < -0.39 is 27.8 Å². The molecule has 1 heterocycles. The van der Waals surface area contributed by atoms with E-state index in [9.17, 15) is 17.6 Å². The average Bonchev–Trinajstić information content (AvgIpc) is 3.01. The van der Waals surface area contributed by atoms with Crippen molar-refractivity contribution < 1.29 is 17.6 Å². The summed E-state index contributed by atoms with van der Waals surface area (Å²) in [5.41, 5.74) is 0.201. The minimum absolute atomic E-state index is 0.201. The van der Waals surface area contributed by atoms with E-state index in [0.717, 1.165) is 32.8 Å². The van der Waals surface area contributed by atoms with Crippen molar-refractivity contribution in [1.82, 2.24) is 10.2 Å². The molecule has 1 atom stereocenters. The van der Waals surface area contributed by atoms with E-state index in [-0.39, 0.29) is 5.69 Å². The molecule has 0 spiro atoms. The number of nitrogens with one attached hydrogen (secondary N) is 1. The summed E-state index contributed by atoms with van der Waals surface area (Å²) in [5.74, 6) is 0.327. The van der Waals surface area contributed by atoms with E-state index in [1.54, 1.807) is 11.8 Å². The largest absolute Gasteiger partial charge is 0.299 e. The number of amides is 1. The molecule has 0 fully saturated rings. The smallest absolute Gasteiger partial charge is 0.249 e. The molecule has 0 aliphatic heterocycles. The van der Waals surface area contributed by atoms with Gasteiger partial charge in [-0.25, -0.2) is 12.8 Å². The van der Waals surface area contributed by atoms with Crippen LogP contribution in [0.1, 0.15) is 20.8 Å². The molecule has 0 saturated heterocycles. The van der Waals surface area contributed by atoms with Crippen LogP contribution < -0.4 is 9.62 Å². The summed E-state index contributed by atoms with van der Waals surface area (Å²) in [4.78, 5) is 12.6. The molecule has 0 aliphatic carbocycles. The van der Waals surface area contributed by atoms with Crippen molar-refractivity contribution in [3.63, 3.8) is 0 Å². The highest BCUT2D eigenvalue weighted by Crippen LogP contribution is 2.27. The maximum absolute atomic E-state index is 13.1. The number of thioether (sulfide) groups is 1. The van der Waals surface area contributed by atoms with E-state index in [1.807, 2.05) is 0 Å². The lowest BCUT2D eigenvalue weighted by molar-refractivity contribution is -0.116. The highest BCUT2D eigenvalue weighted by atomic mass is 32.2. The van der Waals surface area contributed by atoms with E-state index in [0.29, 0.717) is 11.0 Å². The standard InChI is InChI=1S/C16H21FN4O3S3/c1-10(2)9-25-16-20-19-15(26-16)18-14(22)11(3)21(27(4,23)24)13-7-5-12(17)6-8-13/h5-8,10-11H,9H2,1-4H3,(H,18,19,22). The predicted molar refractivity (Wildman–Crippen MR) is 107 cm³/mol. The summed E-state index contributed by atoms with van der Waals surface area (Å²) >= 11 is 2.77. The zero-order valence-corrected chi connectivity index (χ0v) is 17.8. The molecule has 148 valence electrons. The topological polar surface area (TPSA) is 92.3 Å². The van der Waals surface area contributed by atoms with Crippen LogP contribution in [0.4, 0.5) is 15.2 Å². The van der Waals surface area contributed by atoms with Crippen LogP contribution in [0.25, 0.3) is 0 Å². The first-order valence-corrected chi connectivity index (χ1v) is 11.7. The first-order chi connectivity index (χ1) is 12.6. The number of rotatable bonds is 8. The van der Waals surface area contributed by atoms with Crippen molar-refractivity contribution >= 4 is 49.8 Å². The van der Waals surface area contributed by atoms with Crippen molar-refractivity contribution in [3.05, 3.63) is 30.1 Å². The summed E-state index contributed by atoms with van der Waals surface area (Å²) in [6.45, 7) is 5.64. The number of carbonyl (C=O) groups is 1. The summed E-state index contributed by atoms with van der Waals surface area (Å²) in [5, 5.41) is 10.8. The first kappa shape index (κ1) is 21.6. The Morgan fingerprint density at radius 3 is 2.44 bits per heavy atom. The third-order valence-electron chi connectivity index (χ3n) is 3.35. The lowest BCUT2D eigenvalue weighted by atomic mass is 10.2. The molecular weight excluding hydrogens is 411 g/mol. The molecule has 7 nitrogen and oxygen atoms in total. The Bertz CT molecular complexity index is 885. The van der Waals surface area contributed by atoms with Crippen molar-refractivity contribution in [2.45, 2.75) is 31.2 Å². The second-order valence-corrected chi connectivity index (χ2v) is 10.4. The third kappa shape index (κ3) is 6.15. The molecule has 1 unspecified atom stereocenters. The van der Waals surface area contributed by atoms with Crippen molar-refractivity contribution in [3.8, 4) is 0 Å². The van der Waals surface area contributed by atoms with E-state index in [2.05, 4.69) is 29.4 Å². The van der Waals surface area contributed by atoms with Gasteiger partial charge in [0.1, 0.15) is 11.9 Å². The lowest BCUT2D eigenvalue weighted by Gasteiger charge is -2.27. The molecule has 0 bridgehead atoms. The Labute approximate surface area is 166 Å². The van der Waals surface area contributed by atoms with Crippen LogP contribution in [0.5, 0.6) is 0 Å². The van der Waals surface area contributed by atoms with Gasteiger partial charge in [-0.05, 0) is 37.1 Å². The number of halogens is 1. The molecule has 27 heavy (non-hydrogen) atoms. The van der Waals surface area contributed by atoms with Gasteiger partial charge >= 0.3 is 0 Å². The number of anilines is 2. The molecule has 0 radical (unpaired) electrons. The van der Waals surface area contributed by atoms with E-state index in [4.69, 9.17) is 0 Å². The minimum atomic E-state index is -3.77. The van der Waals surface area contributed by atoms with Crippen LogP contribution in [-0.2, 0) is 14.8 Å². The zero-order chi connectivity index (χ0) is 20.2. The molecule has 0 saturated carbocycles. The number of hydrogen-bond acceptors (Lipinski definition) is 7. The maximum Gasteiger partial charge on any atom is 0.249 e. The van der Waals surface area contributed by atoms with Crippen LogP contribution in [0.2, 0.25) is 0 Å². The number of hydrogen-bond donors (Lipinski definition) is 1. The number of sulfonamides is 1. The Balaban J connectivity index is 2.14. The molecule has 1 aromatic heterocycles. The molecule has 0 aliphatic rings. The summed E-state index contributed by atoms with van der Waals surface area (Å²) in [6.07, 6.45) is 0.992. The number of nitrogens with zero attached hydrogens (tertiary/aromatic N) is 3. The predicted octanol–water partition coefficient (Wildman–Crippen LogP) is 3.22. The van der Waals surface area contributed by atoms with Gasteiger partial charge in [0, 0.05) is 5.75 Å². The van der Waals surface area contributed by atoms with Gasteiger partial charge in [0.15, 0.2) is 4.34 Å². The van der Waals surface area contributed by atoms with Crippen LogP contribution >= 0.6 is 23.1 Å². The van der Waals surface area contributed by atoms with Gasteiger partial charge in [-0.2, -0.15) is 0 Å². The maximum atomic E-state index is 13.1. The molecular formula is C16H21FN4O3S3. The number of carbonyl (C=O) groups excluding carboxylic acids is 1. The second kappa shape index (κ2) is 8.98. The highest BCUT2D eigenvalue weighted by molar-refractivity contribution is 8.01. The summed E-state index contributed by atoms with van der Waals surface area (Å²) in [6, 6.07) is 3.85. The molecule has 11 heteroatoms. The Morgan fingerprint density at radius 1 is 1.26 bits per heavy atom. The van der Waals surface area contributed by atoms with Gasteiger partial charge in [0.05, 0.1) is 11.9 Å². The molecule has 1 amide bonds. The molecule has 1 N–H and O–H groups in total. The van der Waals surface area contributed by atoms with Crippen molar-refractivity contribution in [1.29, 1.82) is 0 Å². The van der Waals surface area contributed by atoms with Crippen molar-refractivity contribution in [2.75, 3.05) is 21.6 Å². The van der Waals surface area contributed by atoms with Gasteiger partial charge < -0.3 is 0 Å². The van der Waals surface area contributed by atoms with Gasteiger partial charge in [-0.3, -0.25) is 14.4 Å². The van der Waals surface area contributed by atoms with Crippen LogP contribution in [0.3, 0.4) is 0 Å². The normalized spacial score (nSPS) is 12.8. The fourth-order valence-electron chi connectivity index (χ4n) is 2.16. The van der Waals surface area contributed by atoms with E-state index >= 15 is 0 Å². The monoisotopic (exact) mass is 432 g/mol. The second-order valence-electron chi connectivity index (χ2n) is 6.28. The van der Waals surface area contributed by atoms with Gasteiger partial charge in [-0.15, -0.1) is 10.2 Å². The fourth-order valence-corrected chi connectivity index (χ4v) is 5.07. The average molecular weight is 433 g/mol. The Hall–Kier alpha value is -1.72. The summed E-state index contributed by atoms with van der Waals surface area (Å²) < 4.78 is 39.2. The minimum Gasteiger partial charge on any atom is -0.299 e. The quantitative estimate of drug-likeness (QED) is 0.509. The Morgan fingerprint density at radius 2 is 1.89 bits per heavy atom. The fraction of sp³-hybridized carbons (Fsp3) is 0.438. The first-order valence-electron chi connectivity index (χ1n) is 8.10. The van der Waals surface area contributed by atoms with Crippen LogP contribution in [-0.4, -0.2) is 42.6 Å². The zero-order valence-electron chi connectivity index (χ0n) is 15.3. The molecule has 1 aromatic carbocycles. The highest BCUT2D eigenvalue weighted by Gasteiger charge is 2.29. The van der Waals surface area contributed by atoms with Gasteiger partial charge in [-0.1, -0.05) is 36.9 Å². The lowest BCUT2D eigenvalue weighted by Crippen LogP contribution is -2.45. The summed E-state index contributed by atoms with van der Waals surface area (Å²) in [7, 11) is -3.77. The number of benzene rings is 1. The van der Waals surface area contributed by atoms with E-state index in [1.165, 1.54) is 30.4 Å². The Kier molecular flexibility index (Phi) is 7.18. The van der Waals surface area contributed by atoms with Gasteiger partial charge in [0.2, 0.25) is 21.1 Å².